The molecule has 2 atom stereocenters. The Kier molecular flexibility index (Phi) is 6.20. The van der Waals surface area contributed by atoms with Crippen molar-refractivity contribution in [2.45, 2.75) is 44.6 Å². The van der Waals surface area contributed by atoms with Crippen LogP contribution in [0, 0.1) is 16.7 Å². The minimum Gasteiger partial charge on any atom is -0.493 e. The van der Waals surface area contributed by atoms with E-state index in [-0.39, 0.29) is 23.3 Å². The van der Waals surface area contributed by atoms with E-state index < -0.39 is 26.9 Å². The molecule has 1 aliphatic heterocycles. The molecule has 1 aliphatic rings. The van der Waals surface area contributed by atoms with Gasteiger partial charge in [-0.1, -0.05) is 20.8 Å². The molecule has 1 unspecified atom stereocenters. The van der Waals surface area contributed by atoms with Crippen LogP contribution >= 0.6 is 0 Å². The number of guanidine groups is 1. The third kappa shape index (κ3) is 3.91. The van der Waals surface area contributed by atoms with Crippen LogP contribution in [0.2, 0.25) is 0 Å². The second-order valence-electron chi connectivity index (χ2n) is 8.14. The first-order valence-electron chi connectivity index (χ1n) is 9.32. The molecule has 0 saturated heterocycles. The Morgan fingerprint density at radius 3 is 2.59 bits per heavy atom. The number of hydrogen-bond donors (Lipinski definition) is 4. The van der Waals surface area contributed by atoms with Crippen LogP contribution in [0.15, 0.2) is 23.1 Å². The molecule has 29 heavy (non-hydrogen) atoms. The number of aliphatic carboxylic acids is 1. The number of rotatable bonds is 8. The van der Waals surface area contributed by atoms with Gasteiger partial charge in [0.15, 0.2) is 5.96 Å². The van der Waals surface area contributed by atoms with Crippen molar-refractivity contribution >= 4 is 22.0 Å². The number of carboxylic acid groups (broad SMARTS) is 1. The van der Waals surface area contributed by atoms with Crippen molar-refractivity contribution in [3.63, 3.8) is 0 Å². The van der Waals surface area contributed by atoms with Gasteiger partial charge in [0, 0.05) is 20.0 Å². The predicted octanol–water partition coefficient (Wildman–Crippen LogP) is 1.23. The van der Waals surface area contributed by atoms with E-state index in [9.17, 15) is 18.3 Å². The van der Waals surface area contributed by atoms with Crippen LogP contribution in [0.3, 0.4) is 0 Å². The van der Waals surface area contributed by atoms with Crippen molar-refractivity contribution in [1.29, 1.82) is 5.41 Å². The lowest BCUT2D eigenvalue weighted by molar-refractivity contribution is -0.156. The fourth-order valence-corrected chi connectivity index (χ4v) is 5.18. The number of nitrogens with two attached hydrogens (primary N) is 1. The Bertz CT molecular complexity index is 915. The zero-order valence-corrected chi connectivity index (χ0v) is 18.3. The van der Waals surface area contributed by atoms with Crippen LogP contribution in [0.1, 0.15) is 33.3 Å². The molecule has 0 aliphatic carbocycles. The lowest BCUT2D eigenvalue weighted by Gasteiger charge is -2.49. The number of carboxylic acids is 1. The summed E-state index contributed by atoms with van der Waals surface area (Å²) < 4.78 is 33.1. The van der Waals surface area contributed by atoms with Gasteiger partial charge in [0.05, 0.1) is 11.5 Å². The number of benzene rings is 1. The summed E-state index contributed by atoms with van der Waals surface area (Å²) in [5, 5.41) is 20.1. The fraction of sp³-hybridized carbons (Fsp3) is 0.579. The predicted molar refractivity (Wildman–Crippen MR) is 109 cm³/mol. The second-order valence-corrected chi connectivity index (χ2v) is 10.1. The number of ether oxygens (including phenoxy) is 1. The monoisotopic (exact) mass is 426 g/mol. The van der Waals surface area contributed by atoms with Gasteiger partial charge in [-0.25, -0.2) is 8.42 Å². The maximum absolute atomic E-state index is 13.4. The van der Waals surface area contributed by atoms with Crippen molar-refractivity contribution in [2.24, 2.45) is 17.1 Å². The highest BCUT2D eigenvalue weighted by atomic mass is 32.2. The maximum atomic E-state index is 13.4. The van der Waals surface area contributed by atoms with Gasteiger partial charge in [-0.3, -0.25) is 10.2 Å². The topological polar surface area (TPSA) is 146 Å². The van der Waals surface area contributed by atoms with Crippen LogP contribution < -0.4 is 15.8 Å². The third-order valence-corrected chi connectivity index (χ3v) is 8.39. The average Bonchev–Trinajstić information content (AvgIpc) is 3.11. The Hall–Kier alpha value is -2.33. The molecule has 1 heterocycles. The zero-order valence-electron chi connectivity index (χ0n) is 17.4. The molecule has 0 spiro atoms. The molecule has 0 aromatic heterocycles. The number of carbonyl (C=O) groups is 1. The first-order valence-corrected chi connectivity index (χ1v) is 10.8. The normalized spacial score (nSPS) is 17.2. The van der Waals surface area contributed by atoms with E-state index in [4.69, 9.17) is 15.9 Å². The lowest BCUT2D eigenvalue weighted by Crippen LogP contribution is -2.64. The van der Waals surface area contributed by atoms with Crippen LogP contribution in [-0.4, -0.2) is 55.5 Å². The first kappa shape index (κ1) is 23.0. The fourth-order valence-electron chi connectivity index (χ4n) is 3.54. The van der Waals surface area contributed by atoms with E-state index in [1.165, 1.54) is 20.0 Å². The summed E-state index contributed by atoms with van der Waals surface area (Å²) in [6, 6.07) is 4.59. The molecule has 0 radical (unpaired) electrons. The van der Waals surface area contributed by atoms with E-state index in [2.05, 4.69) is 5.32 Å². The summed E-state index contributed by atoms with van der Waals surface area (Å²) in [5.74, 6) is -1.16. The minimum absolute atomic E-state index is 0.0297. The summed E-state index contributed by atoms with van der Waals surface area (Å²) >= 11 is 0. The van der Waals surface area contributed by atoms with Crippen molar-refractivity contribution in [1.82, 2.24) is 9.62 Å². The lowest BCUT2D eigenvalue weighted by atomic mass is 9.65. The third-order valence-electron chi connectivity index (χ3n) is 6.45. The molecule has 9 nitrogen and oxygen atoms in total. The summed E-state index contributed by atoms with van der Waals surface area (Å²) in [7, 11) is -2.81. The Balaban J connectivity index is 2.47. The smallest absolute Gasteiger partial charge is 0.325 e. The SMILES string of the molecule is CC(CNC(=N)N)C(C)(C)[C@@](C)(C(=O)O)N(C)S(=O)(=O)c1ccc2c(c1)CCO2. The quantitative estimate of drug-likeness (QED) is 0.361. The summed E-state index contributed by atoms with van der Waals surface area (Å²) in [4.78, 5) is 12.4. The number of sulfonamides is 1. The maximum Gasteiger partial charge on any atom is 0.325 e. The summed E-state index contributed by atoms with van der Waals surface area (Å²) in [6.07, 6.45) is 0.609. The minimum atomic E-state index is -4.10. The number of nitrogens with zero attached hydrogens (tertiary/aromatic N) is 1. The molecule has 162 valence electrons. The van der Waals surface area contributed by atoms with Gasteiger partial charge in [0.2, 0.25) is 10.0 Å². The van der Waals surface area contributed by atoms with E-state index in [1.807, 2.05) is 0 Å². The molecule has 1 aromatic carbocycles. The standard InChI is InChI=1S/C19H30N4O5S/c1-12(11-22-17(20)21)18(2,3)19(4,16(24)25)23(5)29(26,27)14-6-7-15-13(10-14)8-9-28-15/h6-7,10,12H,8-9,11H2,1-5H3,(H,24,25)(H4,20,21,22)/t12?,19-/m1/s1. The van der Waals surface area contributed by atoms with Crippen LogP contribution in [-0.2, 0) is 21.2 Å². The number of likely N-dealkylation sites (N-methyl/N-ethyl adjacent to an activating group) is 1. The molecular weight excluding hydrogens is 396 g/mol. The Morgan fingerprint density at radius 1 is 1.41 bits per heavy atom. The van der Waals surface area contributed by atoms with Gasteiger partial charge in [0.25, 0.3) is 0 Å². The second kappa shape index (κ2) is 7.83. The first-order chi connectivity index (χ1) is 13.3. The molecule has 0 amide bonds. The largest absolute Gasteiger partial charge is 0.493 e. The molecule has 5 N–H and O–H groups in total. The molecule has 0 fully saturated rings. The number of hydrogen-bond acceptors (Lipinski definition) is 5. The summed E-state index contributed by atoms with van der Waals surface area (Å²) in [5.41, 5.74) is 3.35. The van der Waals surface area contributed by atoms with Crippen molar-refractivity contribution in [3.05, 3.63) is 23.8 Å². The molecule has 1 aromatic rings. The molecular formula is C19H30N4O5S. The van der Waals surface area contributed by atoms with Crippen molar-refractivity contribution in [2.75, 3.05) is 20.2 Å². The van der Waals surface area contributed by atoms with Crippen molar-refractivity contribution < 1.29 is 23.1 Å². The number of nitrogens with one attached hydrogen (secondary N) is 2. The molecule has 0 saturated carbocycles. The molecule has 0 bridgehead atoms. The van der Waals surface area contributed by atoms with Crippen LogP contribution in [0.25, 0.3) is 0 Å². The van der Waals surface area contributed by atoms with Gasteiger partial charge in [-0.2, -0.15) is 4.31 Å². The van der Waals surface area contributed by atoms with Gasteiger partial charge >= 0.3 is 5.97 Å². The highest BCUT2D eigenvalue weighted by molar-refractivity contribution is 7.89. The number of fused-ring (bicyclic) bond motifs is 1. The Labute approximate surface area is 171 Å². The zero-order chi connectivity index (χ0) is 22.2. The van der Waals surface area contributed by atoms with Gasteiger partial charge in [-0.05, 0) is 42.0 Å². The average molecular weight is 427 g/mol. The van der Waals surface area contributed by atoms with E-state index in [0.29, 0.717) is 18.8 Å². The van der Waals surface area contributed by atoms with Gasteiger partial charge in [-0.15, -0.1) is 0 Å². The molecule has 2 rings (SSSR count). The van der Waals surface area contributed by atoms with Crippen LogP contribution in [0.5, 0.6) is 5.75 Å². The van der Waals surface area contributed by atoms with Gasteiger partial charge in [0.1, 0.15) is 11.3 Å². The van der Waals surface area contributed by atoms with Crippen LogP contribution in [0.4, 0.5) is 0 Å². The highest BCUT2D eigenvalue weighted by Gasteiger charge is 2.56. The highest BCUT2D eigenvalue weighted by Crippen LogP contribution is 2.44. The van der Waals surface area contributed by atoms with E-state index in [1.54, 1.807) is 32.9 Å². The summed E-state index contributed by atoms with van der Waals surface area (Å²) in [6.45, 7) is 7.34. The molecule has 10 heteroatoms. The van der Waals surface area contributed by atoms with E-state index in [0.717, 1.165) is 9.87 Å². The van der Waals surface area contributed by atoms with Crippen molar-refractivity contribution in [3.8, 4) is 5.75 Å². The van der Waals surface area contributed by atoms with Gasteiger partial charge < -0.3 is 20.9 Å². The van der Waals surface area contributed by atoms with E-state index >= 15 is 0 Å². The Morgan fingerprint density at radius 2 is 2.03 bits per heavy atom.